The lowest BCUT2D eigenvalue weighted by Crippen LogP contribution is -2.39. The summed E-state index contributed by atoms with van der Waals surface area (Å²) in [7, 11) is 4.10. The summed E-state index contributed by atoms with van der Waals surface area (Å²) in [5, 5.41) is 12.4. The van der Waals surface area contributed by atoms with Gasteiger partial charge in [0.15, 0.2) is 5.82 Å². The Kier molecular flexibility index (Phi) is 5.49. The molecule has 1 aliphatic heterocycles. The summed E-state index contributed by atoms with van der Waals surface area (Å²) in [5.74, 6) is 1.80. The highest BCUT2D eigenvalue weighted by molar-refractivity contribution is 5.47. The molecular formula is C22H28N6O. The first kappa shape index (κ1) is 19.4. The molecule has 3 aromatic rings. The van der Waals surface area contributed by atoms with Crippen molar-refractivity contribution in [3.8, 4) is 5.75 Å². The zero-order chi connectivity index (χ0) is 20.4. The number of hydrogen-bond donors (Lipinski definition) is 0. The van der Waals surface area contributed by atoms with E-state index < -0.39 is 0 Å². The standard InChI is InChI=1S/C22H28N6O/c1-16(2)29-20-11-5-17(6-12-20)15-27-13-14-28-22(23-24-25-28)21(27)18-7-9-19(10-8-18)26(3)4/h5-12,16,21H,13-15H2,1-4H3. The van der Waals surface area contributed by atoms with Gasteiger partial charge in [-0.25, -0.2) is 4.68 Å². The summed E-state index contributed by atoms with van der Waals surface area (Å²) in [6.45, 7) is 6.59. The second-order valence-corrected chi connectivity index (χ2v) is 7.93. The Morgan fingerprint density at radius 2 is 1.76 bits per heavy atom. The molecule has 0 saturated heterocycles. The highest BCUT2D eigenvalue weighted by atomic mass is 16.5. The number of anilines is 1. The lowest BCUT2D eigenvalue weighted by molar-refractivity contribution is 0.164. The summed E-state index contributed by atoms with van der Waals surface area (Å²) in [4.78, 5) is 4.54. The van der Waals surface area contributed by atoms with Crippen LogP contribution in [0, 0.1) is 0 Å². The van der Waals surface area contributed by atoms with Crippen LogP contribution >= 0.6 is 0 Å². The summed E-state index contributed by atoms with van der Waals surface area (Å²) in [5.41, 5.74) is 3.62. The molecule has 0 bridgehead atoms. The first-order valence-electron chi connectivity index (χ1n) is 10.0. The minimum atomic E-state index is 0.0292. The number of aromatic nitrogens is 4. The summed E-state index contributed by atoms with van der Waals surface area (Å²) >= 11 is 0. The van der Waals surface area contributed by atoms with E-state index >= 15 is 0 Å². The van der Waals surface area contributed by atoms with E-state index in [-0.39, 0.29) is 12.1 Å². The van der Waals surface area contributed by atoms with E-state index in [4.69, 9.17) is 4.74 Å². The number of ether oxygens (including phenoxy) is 1. The van der Waals surface area contributed by atoms with Gasteiger partial charge in [-0.3, -0.25) is 4.90 Å². The van der Waals surface area contributed by atoms with Gasteiger partial charge in [-0.15, -0.1) is 5.10 Å². The Bertz CT molecular complexity index is 933. The van der Waals surface area contributed by atoms with Crippen molar-refractivity contribution >= 4 is 5.69 Å². The van der Waals surface area contributed by atoms with Crippen LogP contribution in [-0.4, -0.2) is 51.9 Å². The number of benzene rings is 2. The number of rotatable bonds is 6. The maximum atomic E-state index is 5.77. The molecule has 29 heavy (non-hydrogen) atoms. The predicted octanol–water partition coefficient (Wildman–Crippen LogP) is 3.13. The first-order valence-corrected chi connectivity index (χ1v) is 10.0. The van der Waals surface area contributed by atoms with Crippen LogP contribution in [0.4, 0.5) is 5.69 Å². The Morgan fingerprint density at radius 3 is 2.41 bits per heavy atom. The van der Waals surface area contributed by atoms with Crippen molar-refractivity contribution < 1.29 is 4.74 Å². The largest absolute Gasteiger partial charge is 0.491 e. The molecule has 0 saturated carbocycles. The third-order valence-electron chi connectivity index (χ3n) is 5.17. The van der Waals surface area contributed by atoms with Crippen LogP contribution in [0.5, 0.6) is 5.75 Å². The van der Waals surface area contributed by atoms with Crippen molar-refractivity contribution in [2.24, 2.45) is 0 Å². The van der Waals surface area contributed by atoms with E-state index in [9.17, 15) is 0 Å². The van der Waals surface area contributed by atoms with Crippen LogP contribution < -0.4 is 9.64 Å². The molecule has 2 aromatic carbocycles. The molecule has 0 fully saturated rings. The molecule has 7 nitrogen and oxygen atoms in total. The highest BCUT2D eigenvalue weighted by Crippen LogP contribution is 2.32. The summed E-state index contributed by atoms with van der Waals surface area (Å²) in [6.07, 6.45) is 0.177. The van der Waals surface area contributed by atoms with E-state index in [0.29, 0.717) is 0 Å². The number of fused-ring (bicyclic) bond motifs is 1. The van der Waals surface area contributed by atoms with Gasteiger partial charge < -0.3 is 9.64 Å². The van der Waals surface area contributed by atoms with Crippen LogP contribution in [0.15, 0.2) is 48.5 Å². The van der Waals surface area contributed by atoms with Gasteiger partial charge in [0, 0.05) is 32.9 Å². The summed E-state index contributed by atoms with van der Waals surface area (Å²) < 4.78 is 7.69. The van der Waals surface area contributed by atoms with Crippen LogP contribution in [0.3, 0.4) is 0 Å². The zero-order valence-corrected chi connectivity index (χ0v) is 17.5. The molecule has 0 aliphatic carbocycles. The molecule has 0 amide bonds. The maximum absolute atomic E-state index is 5.77. The Morgan fingerprint density at radius 1 is 1.03 bits per heavy atom. The van der Waals surface area contributed by atoms with Crippen molar-refractivity contribution in [1.82, 2.24) is 25.1 Å². The van der Waals surface area contributed by atoms with Gasteiger partial charge in [0.1, 0.15) is 5.75 Å². The minimum absolute atomic E-state index is 0.0292. The van der Waals surface area contributed by atoms with Crippen LogP contribution in [-0.2, 0) is 13.1 Å². The Balaban J connectivity index is 1.59. The molecular weight excluding hydrogens is 364 g/mol. The SMILES string of the molecule is CC(C)Oc1ccc(CN2CCn3nnnc3C2c2ccc(N(C)C)cc2)cc1. The predicted molar refractivity (Wildman–Crippen MR) is 113 cm³/mol. The normalized spacial score (nSPS) is 16.7. The number of tetrazole rings is 1. The van der Waals surface area contributed by atoms with Crippen molar-refractivity contribution in [2.75, 3.05) is 25.5 Å². The molecule has 1 aliphatic rings. The number of nitrogens with zero attached hydrogens (tertiary/aromatic N) is 6. The van der Waals surface area contributed by atoms with E-state index in [1.165, 1.54) is 16.8 Å². The van der Waals surface area contributed by atoms with Crippen molar-refractivity contribution in [3.63, 3.8) is 0 Å². The van der Waals surface area contributed by atoms with Gasteiger partial charge in [-0.2, -0.15) is 0 Å². The second-order valence-electron chi connectivity index (χ2n) is 7.93. The molecule has 1 atom stereocenters. The minimum Gasteiger partial charge on any atom is -0.491 e. The molecule has 7 heteroatoms. The summed E-state index contributed by atoms with van der Waals surface area (Å²) in [6, 6.07) is 17.1. The third kappa shape index (κ3) is 4.24. The molecule has 0 spiro atoms. The van der Waals surface area contributed by atoms with Crippen molar-refractivity contribution in [1.29, 1.82) is 0 Å². The quantitative estimate of drug-likeness (QED) is 0.642. The Hall–Kier alpha value is -2.93. The van der Waals surface area contributed by atoms with Gasteiger partial charge in [-0.05, 0) is 59.7 Å². The molecule has 4 rings (SSSR count). The highest BCUT2D eigenvalue weighted by Gasteiger charge is 2.31. The van der Waals surface area contributed by atoms with E-state index in [0.717, 1.165) is 31.2 Å². The smallest absolute Gasteiger partial charge is 0.173 e. The molecule has 1 aromatic heterocycles. The molecule has 2 heterocycles. The van der Waals surface area contributed by atoms with E-state index in [1.807, 2.05) is 30.7 Å². The van der Waals surface area contributed by atoms with Crippen molar-refractivity contribution in [3.05, 3.63) is 65.5 Å². The molecule has 1 unspecified atom stereocenters. The maximum Gasteiger partial charge on any atom is 0.173 e. The van der Waals surface area contributed by atoms with Crippen LogP contribution in [0.1, 0.15) is 36.8 Å². The van der Waals surface area contributed by atoms with Gasteiger partial charge in [0.2, 0.25) is 0 Å². The van der Waals surface area contributed by atoms with E-state index in [1.54, 1.807) is 0 Å². The first-order chi connectivity index (χ1) is 14.0. The zero-order valence-electron chi connectivity index (χ0n) is 17.5. The molecule has 152 valence electrons. The fourth-order valence-electron chi connectivity index (χ4n) is 3.75. The van der Waals surface area contributed by atoms with Crippen LogP contribution in [0.25, 0.3) is 0 Å². The molecule has 0 N–H and O–H groups in total. The topological polar surface area (TPSA) is 59.3 Å². The van der Waals surface area contributed by atoms with Crippen molar-refractivity contribution in [2.45, 2.75) is 39.1 Å². The molecule has 0 radical (unpaired) electrons. The van der Waals surface area contributed by atoms with Gasteiger partial charge >= 0.3 is 0 Å². The fourth-order valence-corrected chi connectivity index (χ4v) is 3.75. The Labute approximate surface area is 171 Å². The number of hydrogen-bond acceptors (Lipinski definition) is 6. The van der Waals surface area contributed by atoms with Gasteiger partial charge in [0.25, 0.3) is 0 Å². The third-order valence-corrected chi connectivity index (χ3v) is 5.17. The monoisotopic (exact) mass is 392 g/mol. The lowest BCUT2D eigenvalue weighted by Gasteiger charge is -2.35. The van der Waals surface area contributed by atoms with Gasteiger partial charge in [-0.1, -0.05) is 24.3 Å². The van der Waals surface area contributed by atoms with Crippen LogP contribution in [0.2, 0.25) is 0 Å². The van der Waals surface area contributed by atoms with E-state index in [2.05, 4.69) is 75.8 Å². The second kappa shape index (κ2) is 8.21. The average molecular weight is 393 g/mol. The fraction of sp³-hybridized carbons (Fsp3) is 0.409. The van der Waals surface area contributed by atoms with Gasteiger partial charge in [0.05, 0.1) is 18.7 Å². The lowest BCUT2D eigenvalue weighted by atomic mass is 10.0. The average Bonchev–Trinajstić information content (AvgIpc) is 3.18.